The van der Waals surface area contributed by atoms with Gasteiger partial charge in [0.25, 0.3) is 0 Å². The molecule has 23 heavy (non-hydrogen) atoms. The third-order valence-corrected chi connectivity index (χ3v) is 2.70. The summed E-state index contributed by atoms with van der Waals surface area (Å²) in [5, 5.41) is 0. The minimum atomic E-state index is -0.841. The number of esters is 1. The fraction of sp³-hybridized carbons (Fsp3) is 0.667. The topological polar surface area (TPSA) is 61.8 Å². The standard InChI is InChI=1S/C18H30O5/c1-6-8-9-10-11-12-13-15(16(19)21-7-2)14-22-17(20)23-18(3,4)5/h11-12,14H,6-10,13H2,1-5H3/b12-11+,15-14-. The molecule has 0 radical (unpaired) electrons. The molecule has 0 aromatic carbocycles. The molecule has 0 atom stereocenters. The first kappa shape index (κ1) is 21.2. The SMILES string of the molecule is CCCCC/C=C/C/C(=C/OC(=O)OC(C)(C)C)C(=O)OCC. The summed E-state index contributed by atoms with van der Waals surface area (Å²) in [6, 6.07) is 0. The number of hydrogen-bond donors (Lipinski definition) is 0. The fourth-order valence-corrected chi connectivity index (χ4v) is 1.64. The average molecular weight is 326 g/mol. The Morgan fingerprint density at radius 2 is 1.74 bits per heavy atom. The molecule has 0 spiro atoms. The van der Waals surface area contributed by atoms with Gasteiger partial charge in [-0.1, -0.05) is 31.9 Å². The van der Waals surface area contributed by atoms with Crippen LogP contribution in [0.3, 0.4) is 0 Å². The van der Waals surface area contributed by atoms with E-state index in [2.05, 4.69) is 6.92 Å². The van der Waals surface area contributed by atoms with Gasteiger partial charge < -0.3 is 14.2 Å². The average Bonchev–Trinajstić information content (AvgIpc) is 2.44. The highest BCUT2D eigenvalue weighted by molar-refractivity contribution is 5.88. The summed E-state index contributed by atoms with van der Waals surface area (Å²) >= 11 is 0. The molecule has 0 fully saturated rings. The van der Waals surface area contributed by atoms with Crippen molar-refractivity contribution in [3.05, 3.63) is 24.0 Å². The van der Waals surface area contributed by atoms with E-state index in [1.165, 1.54) is 12.8 Å². The van der Waals surface area contributed by atoms with Gasteiger partial charge in [-0.15, -0.1) is 0 Å². The monoisotopic (exact) mass is 326 g/mol. The summed E-state index contributed by atoms with van der Waals surface area (Å²) in [5.74, 6) is -0.491. The number of hydrogen-bond acceptors (Lipinski definition) is 5. The molecule has 0 aliphatic heterocycles. The molecule has 0 saturated heterocycles. The highest BCUT2D eigenvalue weighted by Gasteiger charge is 2.18. The maximum Gasteiger partial charge on any atom is 0.513 e. The van der Waals surface area contributed by atoms with Crippen molar-refractivity contribution in [2.75, 3.05) is 6.61 Å². The molecular formula is C18H30O5. The summed E-state index contributed by atoms with van der Waals surface area (Å²) < 4.78 is 14.9. The van der Waals surface area contributed by atoms with Crippen LogP contribution >= 0.6 is 0 Å². The Kier molecular flexibility index (Phi) is 10.8. The minimum absolute atomic E-state index is 0.267. The zero-order chi connectivity index (χ0) is 17.7. The second-order valence-electron chi connectivity index (χ2n) is 6.12. The van der Waals surface area contributed by atoms with E-state index in [-0.39, 0.29) is 12.2 Å². The van der Waals surface area contributed by atoms with Gasteiger partial charge >= 0.3 is 12.1 Å². The van der Waals surface area contributed by atoms with Crippen molar-refractivity contribution in [2.24, 2.45) is 0 Å². The van der Waals surface area contributed by atoms with Crippen molar-refractivity contribution >= 4 is 12.1 Å². The smallest absolute Gasteiger partial charge is 0.463 e. The van der Waals surface area contributed by atoms with Crippen LogP contribution in [-0.2, 0) is 19.0 Å². The van der Waals surface area contributed by atoms with E-state index in [0.29, 0.717) is 6.42 Å². The van der Waals surface area contributed by atoms with Gasteiger partial charge in [-0.3, -0.25) is 0 Å². The van der Waals surface area contributed by atoms with Crippen molar-refractivity contribution < 1.29 is 23.8 Å². The molecule has 0 amide bonds. The summed E-state index contributed by atoms with van der Waals surface area (Å²) in [5.41, 5.74) is -0.363. The second kappa shape index (κ2) is 11.7. The Bertz CT molecular complexity index is 416. The van der Waals surface area contributed by atoms with Crippen LogP contribution in [0.15, 0.2) is 24.0 Å². The maximum absolute atomic E-state index is 11.9. The van der Waals surface area contributed by atoms with Crippen LogP contribution in [0.2, 0.25) is 0 Å². The lowest BCUT2D eigenvalue weighted by molar-refractivity contribution is -0.138. The number of carbonyl (C=O) groups excluding carboxylic acids is 2. The molecular weight excluding hydrogens is 296 g/mol. The van der Waals surface area contributed by atoms with Crippen LogP contribution < -0.4 is 0 Å². The lowest BCUT2D eigenvalue weighted by atomic mass is 10.1. The van der Waals surface area contributed by atoms with E-state index in [9.17, 15) is 9.59 Å². The van der Waals surface area contributed by atoms with E-state index in [4.69, 9.17) is 14.2 Å². The van der Waals surface area contributed by atoms with Crippen molar-refractivity contribution in [1.29, 1.82) is 0 Å². The zero-order valence-corrected chi connectivity index (χ0v) is 15.0. The molecule has 0 N–H and O–H groups in total. The third kappa shape index (κ3) is 12.4. The van der Waals surface area contributed by atoms with Gasteiger partial charge in [0, 0.05) is 6.42 Å². The summed E-state index contributed by atoms with van der Waals surface area (Å²) in [7, 11) is 0. The van der Waals surface area contributed by atoms with Crippen LogP contribution in [0, 0.1) is 0 Å². The van der Waals surface area contributed by atoms with E-state index in [1.54, 1.807) is 27.7 Å². The molecule has 0 rings (SSSR count). The molecule has 0 heterocycles. The number of unbranched alkanes of at least 4 members (excludes halogenated alkanes) is 3. The van der Waals surface area contributed by atoms with E-state index in [0.717, 1.165) is 19.1 Å². The number of ether oxygens (including phenoxy) is 3. The van der Waals surface area contributed by atoms with E-state index in [1.807, 2.05) is 12.2 Å². The lowest BCUT2D eigenvalue weighted by Gasteiger charge is -2.17. The third-order valence-electron chi connectivity index (χ3n) is 2.70. The molecule has 0 unspecified atom stereocenters. The molecule has 132 valence electrons. The van der Waals surface area contributed by atoms with Gasteiger partial charge in [0.2, 0.25) is 0 Å². The first-order valence-electron chi connectivity index (χ1n) is 8.21. The molecule has 0 aliphatic carbocycles. The number of carbonyl (C=O) groups is 2. The summed E-state index contributed by atoms with van der Waals surface area (Å²) in [6.07, 6.45) is 8.99. The highest BCUT2D eigenvalue weighted by Crippen LogP contribution is 2.11. The zero-order valence-electron chi connectivity index (χ0n) is 15.0. The minimum Gasteiger partial charge on any atom is -0.463 e. The summed E-state index contributed by atoms with van der Waals surface area (Å²) in [4.78, 5) is 23.4. The predicted molar refractivity (Wildman–Crippen MR) is 89.9 cm³/mol. The van der Waals surface area contributed by atoms with Crippen LogP contribution in [-0.4, -0.2) is 24.3 Å². The van der Waals surface area contributed by atoms with E-state index < -0.39 is 17.7 Å². The van der Waals surface area contributed by atoms with Crippen LogP contribution in [0.4, 0.5) is 4.79 Å². The predicted octanol–water partition coefficient (Wildman–Crippen LogP) is 4.91. The molecule has 5 heteroatoms. The van der Waals surface area contributed by atoms with Crippen LogP contribution in [0.25, 0.3) is 0 Å². The molecule has 0 aromatic heterocycles. The number of rotatable bonds is 9. The Morgan fingerprint density at radius 3 is 2.30 bits per heavy atom. The van der Waals surface area contributed by atoms with Crippen molar-refractivity contribution in [3.63, 3.8) is 0 Å². The molecule has 5 nitrogen and oxygen atoms in total. The van der Waals surface area contributed by atoms with Gasteiger partial charge in [-0.25, -0.2) is 9.59 Å². The van der Waals surface area contributed by atoms with Gasteiger partial charge in [0.15, 0.2) is 0 Å². The maximum atomic E-state index is 11.9. The normalized spacial score (nSPS) is 12.3. The van der Waals surface area contributed by atoms with E-state index >= 15 is 0 Å². The first-order valence-corrected chi connectivity index (χ1v) is 8.21. The molecule has 0 saturated carbocycles. The van der Waals surface area contributed by atoms with Gasteiger partial charge in [0.05, 0.1) is 12.2 Å². The Hall–Kier alpha value is -1.78. The summed E-state index contributed by atoms with van der Waals surface area (Å²) in [6.45, 7) is 9.36. The Morgan fingerprint density at radius 1 is 1.04 bits per heavy atom. The fourth-order valence-electron chi connectivity index (χ4n) is 1.64. The number of allylic oxidation sites excluding steroid dienone is 2. The van der Waals surface area contributed by atoms with Crippen molar-refractivity contribution in [2.45, 2.75) is 72.3 Å². The largest absolute Gasteiger partial charge is 0.513 e. The van der Waals surface area contributed by atoms with Crippen LogP contribution in [0.5, 0.6) is 0 Å². The van der Waals surface area contributed by atoms with Gasteiger partial charge in [-0.05, 0) is 40.5 Å². The Labute approximate surface area is 139 Å². The van der Waals surface area contributed by atoms with Crippen LogP contribution in [0.1, 0.15) is 66.7 Å². The van der Waals surface area contributed by atoms with Gasteiger partial charge in [-0.2, -0.15) is 0 Å². The van der Waals surface area contributed by atoms with Gasteiger partial charge in [0.1, 0.15) is 11.9 Å². The lowest BCUT2D eigenvalue weighted by Crippen LogP contribution is -2.23. The second-order valence-corrected chi connectivity index (χ2v) is 6.12. The van der Waals surface area contributed by atoms with Crippen molar-refractivity contribution in [1.82, 2.24) is 0 Å². The quantitative estimate of drug-likeness (QED) is 0.198. The molecule has 0 bridgehead atoms. The first-order chi connectivity index (χ1) is 10.8. The van der Waals surface area contributed by atoms with Crippen molar-refractivity contribution in [3.8, 4) is 0 Å². The Balaban J connectivity index is 4.58. The highest BCUT2D eigenvalue weighted by atomic mass is 16.7. The molecule has 0 aromatic rings. The molecule has 0 aliphatic rings.